The molecule has 17 heavy (non-hydrogen) atoms. The molecule has 1 aromatic carbocycles. The van der Waals surface area contributed by atoms with E-state index < -0.39 is 0 Å². The minimum Gasteiger partial charge on any atom is -0.309 e. The van der Waals surface area contributed by atoms with Crippen LogP contribution in [0.1, 0.15) is 30.4 Å². The lowest BCUT2D eigenvalue weighted by atomic mass is 10.1. The lowest BCUT2D eigenvalue weighted by Gasteiger charge is -2.19. The van der Waals surface area contributed by atoms with Crippen molar-refractivity contribution in [2.75, 3.05) is 6.26 Å². The molecule has 0 radical (unpaired) electrons. The Morgan fingerprint density at radius 1 is 1.41 bits per heavy atom. The van der Waals surface area contributed by atoms with Gasteiger partial charge in [-0.2, -0.15) is 11.8 Å². The van der Waals surface area contributed by atoms with E-state index in [1.165, 1.54) is 24.8 Å². The Hall–Kier alpha value is -0.180. The van der Waals surface area contributed by atoms with Gasteiger partial charge in [-0.05, 0) is 43.2 Å². The number of benzene rings is 1. The number of hydrogen-bond acceptors (Lipinski definition) is 2. The molecule has 1 fully saturated rings. The van der Waals surface area contributed by atoms with E-state index in [2.05, 4.69) is 29.8 Å². The van der Waals surface area contributed by atoms with Crippen molar-refractivity contribution in [2.24, 2.45) is 0 Å². The van der Waals surface area contributed by atoms with E-state index >= 15 is 0 Å². The largest absolute Gasteiger partial charge is 0.309 e. The summed E-state index contributed by atoms with van der Waals surface area (Å²) in [7, 11) is 0. The zero-order valence-electron chi connectivity index (χ0n) is 10.5. The summed E-state index contributed by atoms with van der Waals surface area (Å²) in [6.45, 7) is 2.97. The molecule has 0 aliphatic heterocycles. The van der Waals surface area contributed by atoms with Crippen molar-refractivity contribution < 1.29 is 0 Å². The van der Waals surface area contributed by atoms with E-state index in [0.717, 1.165) is 22.4 Å². The highest BCUT2D eigenvalue weighted by molar-refractivity contribution is 7.99. The van der Waals surface area contributed by atoms with Crippen LogP contribution in [0.4, 0.5) is 0 Å². The zero-order valence-corrected chi connectivity index (χ0v) is 12.1. The van der Waals surface area contributed by atoms with Gasteiger partial charge in [0.2, 0.25) is 0 Å². The van der Waals surface area contributed by atoms with Crippen LogP contribution in [-0.4, -0.2) is 17.5 Å². The summed E-state index contributed by atoms with van der Waals surface area (Å²) in [4.78, 5) is 0. The monoisotopic (exact) mass is 269 g/mol. The minimum absolute atomic E-state index is 0.671. The van der Waals surface area contributed by atoms with Gasteiger partial charge in [0.05, 0.1) is 0 Å². The molecule has 0 heterocycles. The predicted molar refractivity (Wildman–Crippen MR) is 78.0 cm³/mol. The maximum atomic E-state index is 6.13. The zero-order chi connectivity index (χ0) is 12.3. The lowest BCUT2D eigenvalue weighted by molar-refractivity contribution is 0.532. The third kappa shape index (κ3) is 3.40. The molecule has 3 heteroatoms. The Labute approximate surface area is 113 Å². The van der Waals surface area contributed by atoms with E-state index in [9.17, 15) is 0 Å². The second-order valence-corrected chi connectivity index (χ2v) is 6.26. The average Bonchev–Trinajstić information content (AvgIpc) is 2.78. The predicted octanol–water partition coefficient (Wildman–Crippen LogP) is 4.02. The number of aryl methyl sites for hydroxylation is 1. The van der Waals surface area contributed by atoms with Gasteiger partial charge in [-0.15, -0.1) is 0 Å². The topological polar surface area (TPSA) is 12.0 Å². The maximum Gasteiger partial charge on any atom is 0.0438 e. The van der Waals surface area contributed by atoms with Gasteiger partial charge in [0.15, 0.2) is 0 Å². The van der Waals surface area contributed by atoms with Crippen LogP contribution in [0.15, 0.2) is 18.2 Å². The van der Waals surface area contributed by atoms with Gasteiger partial charge in [-0.1, -0.05) is 30.2 Å². The van der Waals surface area contributed by atoms with Gasteiger partial charge in [-0.25, -0.2) is 0 Å². The Bertz CT molecular complexity index is 380. The highest BCUT2D eigenvalue weighted by Crippen LogP contribution is 2.28. The van der Waals surface area contributed by atoms with Gasteiger partial charge < -0.3 is 5.32 Å². The third-order valence-corrected chi connectivity index (χ3v) is 5.14. The SMILES string of the molecule is CSC1CCCC1NCc1ccc(C)c(Cl)c1. The van der Waals surface area contributed by atoms with E-state index in [-0.39, 0.29) is 0 Å². The lowest BCUT2D eigenvalue weighted by Crippen LogP contribution is -2.33. The maximum absolute atomic E-state index is 6.13. The molecule has 0 aromatic heterocycles. The molecule has 0 saturated heterocycles. The fourth-order valence-electron chi connectivity index (χ4n) is 2.44. The summed E-state index contributed by atoms with van der Waals surface area (Å²) in [5.74, 6) is 0. The van der Waals surface area contributed by atoms with E-state index in [0.29, 0.717) is 6.04 Å². The van der Waals surface area contributed by atoms with Crippen LogP contribution in [0.5, 0.6) is 0 Å². The molecule has 2 unspecified atom stereocenters. The van der Waals surface area contributed by atoms with Crippen LogP contribution in [0.3, 0.4) is 0 Å². The number of nitrogens with one attached hydrogen (secondary N) is 1. The Kier molecular flexibility index (Phi) is 4.78. The van der Waals surface area contributed by atoms with Crippen molar-refractivity contribution in [3.05, 3.63) is 34.3 Å². The normalized spacial score (nSPS) is 24.2. The molecular formula is C14H20ClNS. The molecule has 2 rings (SSSR count). The van der Waals surface area contributed by atoms with Crippen molar-refractivity contribution >= 4 is 23.4 Å². The molecule has 94 valence electrons. The molecule has 1 nitrogen and oxygen atoms in total. The molecule has 1 aliphatic rings. The Morgan fingerprint density at radius 3 is 2.94 bits per heavy atom. The van der Waals surface area contributed by atoms with Crippen LogP contribution in [-0.2, 0) is 6.54 Å². The molecule has 0 amide bonds. The Morgan fingerprint density at radius 2 is 2.24 bits per heavy atom. The second-order valence-electron chi connectivity index (χ2n) is 4.78. The first kappa shape index (κ1) is 13.3. The molecule has 2 atom stereocenters. The molecule has 1 aromatic rings. The van der Waals surface area contributed by atoms with Crippen LogP contribution >= 0.6 is 23.4 Å². The summed E-state index contributed by atoms with van der Waals surface area (Å²) < 4.78 is 0. The van der Waals surface area contributed by atoms with E-state index in [1.54, 1.807) is 0 Å². The van der Waals surface area contributed by atoms with Gasteiger partial charge in [0.25, 0.3) is 0 Å². The van der Waals surface area contributed by atoms with Crippen molar-refractivity contribution in [1.29, 1.82) is 0 Å². The van der Waals surface area contributed by atoms with Crippen molar-refractivity contribution in [3.8, 4) is 0 Å². The first-order valence-electron chi connectivity index (χ1n) is 6.22. The molecule has 0 spiro atoms. The molecule has 1 aliphatic carbocycles. The molecule has 1 saturated carbocycles. The molecule has 1 N–H and O–H groups in total. The second kappa shape index (κ2) is 6.12. The van der Waals surface area contributed by atoms with Crippen LogP contribution < -0.4 is 5.32 Å². The highest BCUT2D eigenvalue weighted by atomic mass is 35.5. The number of hydrogen-bond donors (Lipinski definition) is 1. The standard InChI is InChI=1S/C14H20ClNS/c1-10-6-7-11(8-12(10)15)9-16-13-4-3-5-14(13)17-2/h6-8,13-14,16H,3-5,9H2,1-2H3. The minimum atomic E-state index is 0.671. The summed E-state index contributed by atoms with van der Waals surface area (Å²) in [5.41, 5.74) is 2.44. The summed E-state index contributed by atoms with van der Waals surface area (Å²) >= 11 is 8.13. The fraction of sp³-hybridized carbons (Fsp3) is 0.571. The van der Waals surface area contributed by atoms with Gasteiger partial charge >= 0.3 is 0 Å². The number of rotatable bonds is 4. The van der Waals surface area contributed by atoms with E-state index in [4.69, 9.17) is 11.6 Å². The summed E-state index contributed by atoms with van der Waals surface area (Å²) in [6, 6.07) is 7.01. The highest BCUT2D eigenvalue weighted by Gasteiger charge is 2.25. The number of thioether (sulfide) groups is 1. The fourth-order valence-corrected chi connectivity index (χ4v) is 3.60. The van der Waals surface area contributed by atoms with Crippen LogP contribution in [0.2, 0.25) is 5.02 Å². The number of halogens is 1. The van der Waals surface area contributed by atoms with Crippen LogP contribution in [0, 0.1) is 6.92 Å². The van der Waals surface area contributed by atoms with Crippen molar-refractivity contribution in [2.45, 2.75) is 44.0 Å². The van der Waals surface area contributed by atoms with Crippen molar-refractivity contribution in [3.63, 3.8) is 0 Å². The first-order chi connectivity index (χ1) is 8.20. The van der Waals surface area contributed by atoms with Gasteiger partial charge in [0, 0.05) is 22.9 Å². The average molecular weight is 270 g/mol. The van der Waals surface area contributed by atoms with Gasteiger partial charge in [0.1, 0.15) is 0 Å². The van der Waals surface area contributed by atoms with Gasteiger partial charge in [-0.3, -0.25) is 0 Å². The molecular weight excluding hydrogens is 250 g/mol. The smallest absolute Gasteiger partial charge is 0.0438 e. The van der Waals surface area contributed by atoms with Crippen LogP contribution in [0.25, 0.3) is 0 Å². The third-order valence-electron chi connectivity index (χ3n) is 3.56. The quantitative estimate of drug-likeness (QED) is 0.886. The summed E-state index contributed by atoms with van der Waals surface area (Å²) in [6.07, 6.45) is 6.24. The van der Waals surface area contributed by atoms with E-state index in [1.807, 2.05) is 18.7 Å². The molecule has 0 bridgehead atoms. The Balaban J connectivity index is 1.91. The van der Waals surface area contributed by atoms with Crippen molar-refractivity contribution in [1.82, 2.24) is 5.32 Å². The summed E-state index contributed by atoms with van der Waals surface area (Å²) in [5, 5.41) is 5.33. The first-order valence-corrected chi connectivity index (χ1v) is 7.88.